The van der Waals surface area contributed by atoms with Crippen LogP contribution in [0.3, 0.4) is 0 Å². The molecular weight excluding hydrogens is 326 g/mol. The van der Waals surface area contributed by atoms with Gasteiger partial charge in [-0.15, -0.1) is 0 Å². The number of methoxy groups -OCH3 is 2. The second-order valence-electron chi connectivity index (χ2n) is 5.08. The maximum Gasteiger partial charge on any atom is 0.224 e. The van der Waals surface area contributed by atoms with Crippen molar-refractivity contribution in [3.8, 4) is 11.5 Å². The van der Waals surface area contributed by atoms with Crippen molar-refractivity contribution in [2.45, 2.75) is 11.3 Å². The highest BCUT2D eigenvalue weighted by Gasteiger charge is 2.09. The zero-order chi connectivity index (χ0) is 17.4. The lowest BCUT2D eigenvalue weighted by molar-refractivity contribution is -0.120. The number of carbonyl (C=O) groups is 1. The summed E-state index contributed by atoms with van der Waals surface area (Å²) >= 11 is 0. The molecule has 0 bridgehead atoms. The van der Waals surface area contributed by atoms with Crippen LogP contribution in [0.2, 0.25) is 0 Å². The summed E-state index contributed by atoms with van der Waals surface area (Å²) in [6.45, 7) is 0.369. The minimum atomic E-state index is -1.11. The van der Waals surface area contributed by atoms with Crippen molar-refractivity contribution < 1.29 is 18.5 Å². The van der Waals surface area contributed by atoms with E-state index in [1.165, 1.54) is 0 Å². The van der Waals surface area contributed by atoms with E-state index in [-0.39, 0.29) is 12.3 Å². The molecule has 0 aromatic heterocycles. The molecule has 1 N–H and O–H groups in total. The lowest BCUT2D eigenvalue weighted by Gasteiger charge is -2.10. The third kappa shape index (κ3) is 5.09. The number of hydrogen-bond donors (Lipinski definition) is 1. The molecule has 1 unspecified atom stereocenters. The topological polar surface area (TPSA) is 64.6 Å². The van der Waals surface area contributed by atoms with Crippen LogP contribution >= 0.6 is 0 Å². The molecule has 128 valence electrons. The minimum Gasteiger partial charge on any atom is -0.493 e. The lowest BCUT2D eigenvalue weighted by Crippen LogP contribution is -2.29. The van der Waals surface area contributed by atoms with Gasteiger partial charge in [-0.1, -0.05) is 24.3 Å². The van der Waals surface area contributed by atoms with Gasteiger partial charge in [0.2, 0.25) is 5.91 Å². The Bertz CT molecular complexity index is 703. The van der Waals surface area contributed by atoms with Gasteiger partial charge in [0.1, 0.15) is 0 Å². The first-order valence-corrected chi connectivity index (χ1v) is 8.87. The molecule has 5 nitrogen and oxygen atoms in total. The number of amides is 1. The maximum atomic E-state index is 12.1. The molecular formula is C18H21NO4S. The highest BCUT2D eigenvalue weighted by atomic mass is 32.2. The third-order valence-corrected chi connectivity index (χ3v) is 4.80. The summed E-state index contributed by atoms with van der Waals surface area (Å²) in [5.41, 5.74) is 0.828. The van der Waals surface area contributed by atoms with E-state index in [2.05, 4.69) is 5.32 Å². The van der Waals surface area contributed by atoms with Crippen LogP contribution in [0.1, 0.15) is 5.56 Å². The van der Waals surface area contributed by atoms with E-state index in [9.17, 15) is 9.00 Å². The monoisotopic (exact) mass is 347 g/mol. The van der Waals surface area contributed by atoms with Gasteiger partial charge in [-0.2, -0.15) is 0 Å². The van der Waals surface area contributed by atoms with Crippen molar-refractivity contribution in [3.63, 3.8) is 0 Å². The molecule has 24 heavy (non-hydrogen) atoms. The SMILES string of the molecule is COc1ccc(CC(=O)NCCS(=O)c2ccccc2)cc1OC. The van der Waals surface area contributed by atoms with E-state index in [1.54, 1.807) is 26.4 Å². The van der Waals surface area contributed by atoms with Gasteiger partial charge in [0.15, 0.2) is 11.5 Å². The van der Waals surface area contributed by atoms with Gasteiger partial charge < -0.3 is 14.8 Å². The summed E-state index contributed by atoms with van der Waals surface area (Å²) in [7, 11) is 2.02. The molecule has 6 heteroatoms. The Balaban J connectivity index is 1.82. The second kappa shape index (κ2) is 9.08. The Morgan fingerprint density at radius 2 is 1.75 bits per heavy atom. The van der Waals surface area contributed by atoms with Crippen molar-refractivity contribution in [1.82, 2.24) is 5.32 Å². The molecule has 2 aromatic rings. The number of rotatable bonds is 8. The first-order chi connectivity index (χ1) is 11.6. The summed E-state index contributed by atoms with van der Waals surface area (Å²) in [5, 5.41) is 2.79. The zero-order valence-corrected chi connectivity index (χ0v) is 14.6. The van der Waals surface area contributed by atoms with Gasteiger partial charge in [-0.3, -0.25) is 9.00 Å². The molecule has 1 amide bonds. The normalized spacial score (nSPS) is 11.6. The molecule has 0 spiro atoms. The molecule has 2 aromatic carbocycles. The average Bonchev–Trinajstić information content (AvgIpc) is 2.62. The van der Waals surface area contributed by atoms with Crippen LogP contribution in [0, 0.1) is 0 Å². The fourth-order valence-corrected chi connectivity index (χ4v) is 3.20. The molecule has 0 saturated heterocycles. The van der Waals surface area contributed by atoms with Gasteiger partial charge >= 0.3 is 0 Å². The summed E-state index contributed by atoms with van der Waals surface area (Å²) in [6, 6.07) is 14.6. The fourth-order valence-electron chi connectivity index (χ4n) is 2.21. The first kappa shape index (κ1) is 18.0. The largest absolute Gasteiger partial charge is 0.493 e. The summed E-state index contributed by atoms with van der Waals surface area (Å²) < 4.78 is 22.5. The Kier molecular flexibility index (Phi) is 6.81. The molecule has 0 fully saturated rings. The smallest absolute Gasteiger partial charge is 0.224 e. The van der Waals surface area contributed by atoms with Gasteiger partial charge in [0.25, 0.3) is 0 Å². The highest BCUT2D eigenvalue weighted by molar-refractivity contribution is 7.85. The molecule has 0 aliphatic carbocycles. The molecule has 0 aliphatic rings. The van der Waals surface area contributed by atoms with Crippen LogP contribution < -0.4 is 14.8 Å². The predicted molar refractivity (Wildman–Crippen MR) is 94.0 cm³/mol. The van der Waals surface area contributed by atoms with Gasteiger partial charge in [-0.05, 0) is 29.8 Å². The Labute approximate surface area is 144 Å². The van der Waals surface area contributed by atoms with E-state index in [1.807, 2.05) is 36.4 Å². The van der Waals surface area contributed by atoms with Crippen LogP contribution in [-0.4, -0.2) is 36.6 Å². The maximum absolute atomic E-state index is 12.1. The van der Waals surface area contributed by atoms with Gasteiger partial charge in [-0.25, -0.2) is 0 Å². The fraction of sp³-hybridized carbons (Fsp3) is 0.278. The molecule has 0 saturated carbocycles. The number of nitrogens with one attached hydrogen (secondary N) is 1. The molecule has 1 atom stereocenters. The molecule has 0 aliphatic heterocycles. The van der Waals surface area contributed by atoms with Crippen LogP contribution in [0.25, 0.3) is 0 Å². The lowest BCUT2D eigenvalue weighted by atomic mass is 10.1. The minimum absolute atomic E-state index is 0.118. The number of ether oxygens (including phenoxy) is 2. The quantitative estimate of drug-likeness (QED) is 0.795. The van der Waals surface area contributed by atoms with Gasteiger partial charge in [0, 0.05) is 17.2 Å². The van der Waals surface area contributed by atoms with Crippen molar-refractivity contribution in [1.29, 1.82) is 0 Å². The average molecular weight is 347 g/mol. The molecule has 0 heterocycles. The van der Waals surface area contributed by atoms with Crippen LogP contribution in [0.4, 0.5) is 0 Å². The van der Waals surface area contributed by atoms with E-state index < -0.39 is 10.8 Å². The Morgan fingerprint density at radius 1 is 1.04 bits per heavy atom. The number of benzene rings is 2. The summed E-state index contributed by atoms with van der Waals surface area (Å²) in [5.74, 6) is 1.49. The van der Waals surface area contributed by atoms with Crippen LogP contribution in [0.15, 0.2) is 53.4 Å². The van der Waals surface area contributed by atoms with Crippen molar-refractivity contribution in [3.05, 3.63) is 54.1 Å². The Hall–Kier alpha value is -2.34. The standard InChI is InChI=1S/C18H21NO4S/c1-22-16-9-8-14(12-17(16)23-2)13-18(20)19-10-11-24(21)15-6-4-3-5-7-15/h3-9,12H,10-11,13H2,1-2H3,(H,19,20). The van der Waals surface area contributed by atoms with Crippen molar-refractivity contribution in [2.24, 2.45) is 0 Å². The van der Waals surface area contributed by atoms with Crippen LogP contribution in [-0.2, 0) is 22.0 Å². The summed E-state index contributed by atoms with van der Waals surface area (Å²) in [4.78, 5) is 12.8. The predicted octanol–water partition coefficient (Wildman–Crippen LogP) is 2.17. The van der Waals surface area contributed by atoms with E-state index >= 15 is 0 Å². The van der Waals surface area contributed by atoms with E-state index in [0.717, 1.165) is 10.5 Å². The van der Waals surface area contributed by atoms with E-state index in [4.69, 9.17) is 9.47 Å². The zero-order valence-electron chi connectivity index (χ0n) is 13.8. The molecule has 0 radical (unpaired) electrons. The summed E-state index contributed by atoms with van der Waals surface area (Å²) in [6.07, 6.45) is 0.234. The second-order valence-corrected chi connectivity index (χ2v) is 6.65. The van der Waals surface area contributed by atoms with Gasteiger partial charge in [0.05, 0.1) is 31.4 Å². The first-order valence-electron chi connectivity index (χ1n) is 7.55. The third-order valence-electron chi connectivity index (χ3n) is 3.43. The van der Waals surface area contributed by atoms with E-state index in [0.29, 0.717) is 23.8 Å². The number of carbonyl (C=O) groups excluding carboxylic acids is 1. The number of hydrogen-bond acceptors (Lipinski definition) is 4. The van der Waals surface area contributed by atoms with Crippen LogP contribution in [0.5, 0.6) is 11.5 Å². The highest BCUT2D eigenvalue weighted by Crippen LogP contribution is 2.27. The Morgan fingerprint density at radius 3 is 2.42 bits per heavy atom. The van der Waals surface area contributed by atoms with Crippen molar-refractivity contribution in [2.75, 3.05) is 26.5 Å². The van der Waals surface area contributed by atoms with Crippen molar-refractivity contribution >= 4 is 16.7 Å². The molecule has 2 rings (SSSR count).